The number of rotatable bonds is 26. The molecule has 56 heavy (non-hydrogen) atoms. The Morgan fingerprint density at radius 1 is 0.393 bits per heavy atom. The summed E-state index contributed by atoms with van der Waals surface area (Å²) in [5.41, 5.74) is 24.5. The van der Waals surface area contributed by atoms with Gasteiger partial charge in [-0.05, 0) is 107 Å². The van der Waals surface area contributed by atoms with Crippen LogP contribution in [0, 0.1) is 0 Å². The Bertz CT molecular complexity index is 1120. The van der Waals surface area contributed by atoms with Crippen LogP contribution in [0.15, 0.2) is 20.6 Å². The quantitative estimate of drug-likeness (QED) is 0.0340. The first-order valence-electron chi connectivity index (χ1n) is 17.6. The van der Waals surface area contributed by atoms with Gasteiger partial charge in [0, 0.05) is 6.42 Å². The van der Waals surface area contributed by atoms with Crippen LogP contribution in [0.1, 0.15) is 134 Å². The maximum atomic E-state index is 10.4. The van der Waals surface area contributed by atoms with Crippen LogP contribution in [0.5, 0.6) is 0 Å². The van der Waals surface area contributed by atoms with Crippen LogP contribution in [-0.2, 0) is 38.5 Å². The van der Waals surface area contributed by atoms with Crippen molar-refractivity contribution in [3.8, 4) is 0 Å². The molecule has 0 aromatic rings. The predicted molar refractivity (Wildman–Crippen MR) is 221 cm³/mol. The molecule has 0 aromatic heterocycles. The topological polar surface area (TPSA) is 340 Å². The smallest absolute Gasteiger partial charge is 0.320 e. The average molecular weight is 813 g/mol. The third-order valence-corrected chi connectivity index (χ3v) is 5.78. The van der Waals surface area contributed by atoms with Crippen molar-refractivity contribution in [2.75, 3.05) is 26.4 Å². The van der Waals surface area contributed by atoms with Crippen LogP contribution in [0.3, 0.4) is 0 Å². The largest absolute Gasteiger partial charge is 0.480 e. The Hall–Kier alpha value is -4.40. The number of nitrogens with two attached hydrogens (primary N) is 4. The zero-order valence-electron chi connectivity index (χ0n) is 33.4. The van der Waals surface area contributed by atoms with Gasteiger partial charge in [0.15, 0.2) is 0 Å². The van der Waals surface area contributed by atoms with Crippen LogP contribution < -0.4 is 22.9 Å². The number of carboxylic acid groups (broad SMARTS) is 4. The molecule has 0 aliphatic carbocycles. The first kappa shape index (κ1) is 63.5. The molecule has 0 amide bonds. The zero-order valence-corrected chi connectivity index (χ0v) is 33.4. The predicted octanol–water partition coefficient (Wildman–Crippen LogP) is 4.42. The van der Waals surface area contributed by atoms with Gasteiger partial charge in [0.1, 0.15) is 50.6 Å². The molecule has 332 valence electrons. The third kappa shape index (κ3) is 56.3. The van der Waals surface area contributed by atoms with Crippen molar-refractivity contribution in [2.45, 2.75) is 159 Å². The fraction of sp³-hybridized carbons (Fsp3) is 0.778. The van der Waals surface area contributed by atoms with Crippen molar-refractivity contribution in [3.05, 3.63) is 0 Å². The summed E-state index contributed by atoms with van der Waals surface area (Å²) in [7, 11) is 0. The molecule has 0 aromatic carbocycles. The molecule has 0 aliphatic rings. The molecule has 4 atom stereocenters. The molecule has 12 N–H and O–H groups in total. The zero-order chi connectivity index (χ0) is 42.5. The van der Waals surface area contributed by atoms with E-state index >= 15 is 0 Å². The van der Waals surface area contributed by atoms with Crippen molar-refractivity contribution >= 4 is 46.7 Å². The van der Waals surface area contributed by atoms with Crippen molar-refractivity contribution in [2.24, 2.45) is 43.6 Å². The second-order valence-electron chi connectivity index (χ2n) is 12.5. The van der Waals surface area contributed by atoms with Crippen LogP contribution in [0.4, 0.5) is 0 Å². The molecule has 0 fully saturated rings. The van der Waals surface area contributed by atoms with E-state index in [9.17, 15) is 19.2 Å². The minimum atomic E-state index is -1.02. The number of unbranched alkanes of at least 4 members (excludes halogenated alkanes) is 3. The highest BCUT2D eigenvalue weighted by Gasteiger charge is 2.12. The van der Waals surface area contributed by atoms with Crippen molar-refractivity contribution in [1.29, 1.82) is 0 Å². The van der Waals surface area contributed by atoms with Crippen LogP contribution >= 0.6 is 0 Å². The number of carbonyl (C=O) groups is 4. The summed E-state index contributed by atoms with van der Waals surface area (Å²) in [6.45, 7) is 16.4. The van der Waals surface area contributed by atoms with E-state index < -0.39 is 48.0 Å². The van der Waals surface area contributed by atoms with Gasteiger partial charge in [0.2, 0.25) is 0 Å². The Labute approximate surface area is 334 Å². The molecule has 0 saturated carbocycles. The van der Waals surface area contributed by atoms with Gasteiger partial charge in [-0.3, -0.25) is 19.2 Å². The minimum absolute atomic E-state index is 0. The number of hydrogen-bond donors (Lipinski definition) is 8. The average Bonchev–Trinajstić information content (AvgIpc) is 3.07. The summed E-state index contributed by atoms with van der Waals surface area (Å²) in [5.74, 6) is -3.88. The van der Waals surface area contributed by atoms with Gasteiger partial charge >= 0.3 is 23.9 Å². The van der Waals surface area contributed by atoms with Gasteiger partial charge < -0.3 is 62.7 Å². The minimum Gasteiger partial charge on any atom is -0.480 e. The van der Waals surface area contributed by atoms with E-state index in [-0.39, 0.29) is 27.9 Å². The molecular formula is C36H76N8O12. The fourth-order valence-corrected chi connectivity index (χ4v) is 2.98. The lowest BCUT2D eigenvalue weighted by Crippen LogP contribution is -2.31. The van der Waals surface area contributed by atoms with E-state index in [0.717, 1.165) is 55.0 Å². The summed E-state index contributed by atoms with van der Waals surface area (Å²) in [6.07, 6.45) is 6.40. The van der Waals surface area contributed by atoms with E-state index in [2.05, 4.69) is 20.6 Å². The molecule has 0 heterocycles. The Morgan fingerprint density at radius 3 is 0.929 bits per heavy atom. The highest BCUT2D eigenvalue weighted by Crippen LogP contribution is 2.03. The van der Waals surface area contributed by atoms with Crippen LogP contribution in [0.2, 0.25) is 0 Å². The number of nitrogens with zero attached hydrogens (tertiary/aromatic N) is 4. The highest BCUT2D eigenvalue weighted by atomic mass is 16.6. The monoisotopic (exact) mass is 813 g/mol. The van der Waals surface area contributed by atoms with Gasteiger partial charge in [-0.2, -0.15) is 0 Å². The molecule has 0 radical (unpaired) electrons. The summed E-state index contributed by atoms with van der Waals surface area (Å²) in [6, 6.07) is -3.15. The number of oxime groups is 4. The molecule has 0 spiro atoms. The van der Waals surface area contributed by atoms with E-state index in [1.807, 2.05) is 41.5 Å². The lowest BCUT2D eigenvalue weighted by atomic mass is 10.1. The fourth-order valence-electron chi connectivity index (χ4n) is 2.98. The van der Waals surface area contributed by atoms with Crippen molar-refractivity contribution in [1.82, 2.24) is 0 Å². The standard InChI is InChI=1S/C10H20N2O3.C9H18N2O3.C8H16N2O3.C7H14N2O3.2CH4/c1-8(2)12-15-7-5-3-4-6-9(11)10(13)14;1-7(2)11-14-6-4-3-5-8(10)9(12)13;1-6(2)10-13-5-3-4-7(9)8(11)12;1-5(2)9-12-4-3-6(8)7(10)11;;/h9H,3-7,11H2,1-2H3,(H,13,14);8H,3-6,10H2,1-2H3,(H,12,13);7H,3-5,9H2,1-2H3,(H,11,12);6H,3-4,8H2,1-2H3,(H,10,11);2*1H4. The molecule has 0 rings (SSSR count). The number of carboxylic acids is 4. The normalized spacial score (nSPS) is 11.5. The van der Waals surface area contributed by atoms with Crippen LogP contribution in [-0.4, -0.2) is 118 Å². The lowest BCUT2D eigenvalue weighted by molar-refractivity contribution is -0.139. The van der Waals surface area contributed by atoms with Gasteiger partial charge in [-0.15, -0.1) is 0 Å². The number of hydrogen-bond acceptors (Lipinski definition) is 16. The summed E-state index contributed by atoms with van der Waals surface area (Å²) < 4.78 is 0. The van der Waals surface area contributed by atoms with E-state index in [0.29, 0.717) is 45.5 Å². The Balaban J connectivity index is -0.000000148. The lowest BCUT2D eigenvalue weighted by Gasteiger charge is -2.05. The summed E-state index contributed by atoms with van der Waals surface area (Å²) in [5, 5.41) is 48.7. The molecule has 0 saturated heterocycles. The third-order valence-electron chi connectivity index (χ3n) is 5.78. The second-order valence-corrected chi connectivity index (χ2v) is 12.5. The molecule has 20 heteroatoms. The maximum Gasteiger partial charge on any atom is 0.320 e. The van der Waals surface area contributed by atoms with Gasteiger partial charge in [0.05, 0.1) is 22.8 Å². The summed E-state index contributed by atoms with van der Waals surface area (Å²) >= 11 is 0. The molecule has 0 bridgehead atoms. The highest BCUT2D eigenvalue weighted by molar-refractivity contribution is 5.79. The van der Waals surface area contributed by atoms with E-state index in [4.69, 9.17) is 62.7 Å². The van der Waals surface area contributed by atoms with Crippen molar-refractivity contribution in [3.63, 3.8) is 0 Å². The molecular weight excluding hydrogens is 736 g/mol. The SMILES string of the molecule is C.C.CC(C)=NOCCC(N)C(=O)O.CC(C)=NOCCCC(N)C(=O)O.CC(C)=NOCCCCC(N)C(=O)O.CC(C)=NOCCCCCC(N)C(=O)O. The van der Waals surface area contributed by atoms with Crippen molar-refractivity contribution < 1.29 is 59.0 Å². The Kier molecular flexibility index (Phi) is 49.2. The van der Waals surface area contributed by atoms with Crippen LogP contribution in [0.25, 0.3) is 0 Å². The first-order chi connectivity index (χ1) is 25.1. The second kappa shape index (κ2) is 43.3. The van der Waals surface area contributed by atoms with E-state index in [1.165, 1.54) is 0 Å². The number of aliphatic carboxylic acids is 4. The summed E-state index contributed by atoms with van der Waals surface area (Å²) in [4.78, 5) is 60.7. The molecule has 20 nitrogen and oxygen atoms in total. The molecule has 0 aliphatic heterocycles. The van der Waals surface area contributed by atoms with Gasteiger partial charge in [0.25, 0.3) is 0 Å². The first-order valence-corrected chi connectivity index (χ1v) is 17.6. The Morgan fingerprint density at radius 2 is 0.625 bits per heavy atom. The van der Waals surface area contributed by atoms with Gasteiger partial charge in [-0.1, -0.05) is 41.9 Å². The maximum absolute atomic E-state index is 10.4. The molecule has 4 unspecified atom stereocenters. The van der Waals surface area contributed by atoms with Gasteiger partial charge in [-0.25, -0.2) is 0 Å². The van der Waals surface area contributed by atoms with E-state index in [1.54, 1.807) is 13.8 Å².